The third-order valence-electron chi connectivity index (χ3n) is 5.48. The first-order valence-corrected chi connectivity index (χ1v) is 9.17. The van der Waals surface area contributed by atoms with E-state index in [0.29, 0.717) is 18.5 Å². The number of likely N-dealkylation sites (tertiary alicyclic amines) is 1. The molecule has 1 atom stereocenters. The van der Waals surface area contributed by atoms with Crippen LogP contribution >= 0.6 is 0 Å². The van der Waals surface area contributed by atoms with E-state index in [4.69, 9.17) is 15.0 Å². The van der Waals surface area contributed by atoms with Crippen LogP contribution in [0.3, 0.4) is 0 Å². The Balaban J connectivity index is 1.60. The SMILES string of the molecule is CC1(C)OB(c2cnc(N[C@@H]3CCCN(CCN)C3)nc2)OC1(C)C. The van der Waals surface area contributed by atoms with Crippen LogP contribution in [-0.4, -0.2) is 65.4 Å². The van der Waals surface area contributed by atoms with Crippen molar-refractivity contribution in [3.8, 4) is 0 Å². The van der Waals surface area contributed by atoms with Crippen LogP contribution in [0.2, 0.25) is 0 Å². The summed E-state index contributed by atoms with van der Waals surface area (Å²) < 4.78 is 12.1. The molecule has 0 bridgehead atoms. The molecule has 1 aromatic rings. The lowest BCUT2D eigenvalue weighted by Gasteiger charge is -2.32. The highest BCUT2D eigenvalue weighted by Gasteiger charge is 2.51. The van der Waals surface area contributed by atoms with Gasteiger partial charge in [-0.15, -0.1) is 0 Å². The molecule has 3 heterocycles. The van der Waals surface area contributed by atoms with Crippen LogP contribution in [0.4, 0.5) is 5.95 Å². The van der Waals surface area contributed by atoms with E-state index in [2.05, 4.69) is 20.2 Å². The number of anilines is 1. The van der Waals surface area contributed by atoms with Crippen LogP contribution < -0.4 is 16.5 Å². The highest BCUT2D eigenvalue weighted by molar-refractivity contribution is 6.61. The molecule has 2 aliphatic heterocycles. The van der Waals surface area contributed by atoms with Crippen molar-refractivity contribution in [1.29, 1.82) is 0 Å². The summed E-state index contributed by atoms with van der Waals surface area (Å²) in [5.41, 5.74) is 5.79. The molecule has 7 nitrogen and oxygen atoms in total. The van der Waals surface area contributed by atoms with Crippen molar-refractivity contribution in [3.05, 3.63) is 12.4 Å². The third-order valence-corrected chi connectivity index (χ3v) is 5.48. The summed E-state index contributed by atoms with van der Waals surface area (Å²) >= 11 is 0. The van der Waals surface area contributed by atoms with Gasteiger partial charge in [0.25, 0.3) is 0 Å². The quantitative estimate of drug-likeness (QED) is 0.755. The Morgan fingerprint density at radius 1 is 1.24 bits per heavy atom. The van der Waals surface area contributed by atoms with E-state index in [9.17, 15) is 0 Å². The third kappa shape index (κ3) is 4.14. The Labute approximate surface area is 150 Å². The van der Waals surface area contributed by atoms with Crippen LogP contribution in [-0.2, 0) is 9.31 Å². The molecule has 0 aliphatic carbocycles. The summed E-state index contributed by atoms with van der Waals surface area (Å²) in [7, 11) is -0.422. The van der Waals surface area contributed by atoms with Crippen molar-refractivity contribution < 1.29 is 9.31 Å². The largest absolute Gasteiger partial charge is 0.498 e. The molecule has 0 spiro atoms. The average Bonchev–Trinajstić information content (AvgIpc) is 2.77. The Morgan fingerprint density at radius 2 is 1.88 bits per heavy atom. The number of aromatic nitrogens is 2. The molecule has 25 heavy (non-hydrogen) atoms. The maximum atomic E-state index is 6.04. The fourth-order valence-electron chi connectivity index (χ4n) is 3.26. The number of nitrogens with two attached hydrogens (primary N) is 1. The lowest BCUT2D eigenvalue weighted by Crippen LogP contribution is -2.44. The molecule has 8 heteroatoms. The molecular formula is C17H30BN5O2. The Kier molecular flexibility index (Phi) is 5.34. The number of hydrogen-bond donors (Lipinski definition) is 2. The van der Waals surface area contributed by atoms with E-state index in [0.717, 1.165) is 31.5 Å². The highest BCUT2D eigenvalue weighted by Crippen LogP contribution is 2.36. The fraction of sp³-hybridized carbons (Fsp3) is 0.765. The van der Waals surface area contributed by atoms with Gasteiger partial charge in [-0.3, -0.25) is 0 Å². The zero-order valence-corrected chi connectivity index (χ0v) is 15.8. The molecule has 0 amide bonds. The van der Waals surface area contributed by atoms with Crippen molar-refractivity contribution in [2.45, 2.75) is 57.8 Å². The maximum Gasteiger partial charge on any atom is 0.498 e. The van der Waals surface area contributed by atoms with Gasteiger partial charge in [0, 0.05) is 43.5 Å². The van der Waals surface area contributed by atoms with E-state index in [1.54, 1.807) is 12.4 Å². The van der Waals surface area contributed by atoms with Gasteiger partial charge in [-0.25, -0.2) is 9.97 Å². The minimum atomic E-state index is -0.422. The van der Waals surface area contributed by atoms with Crippen molar-refractivity contribution in [2.75, 3.05) is 31.5 Å². The topological polar surface area (TPSA) is 85.5 Å². The normalized spacial score (nSPS) is 26.0. The van der Waals surface area contributed by atoms with E-state index in [1.807, 2.05) is 27.7 Å². The molecule has 1 aromatic heterocycles. The summed E-state index contributed by atoms with van der Waals surface area (Å²) in [6, 6.07) is 0.364. The summed E-state index contributed by atoms with van der Waals surface area (Å²) in [6.07, 6.45) is 5.88. The highest BCUT2D eigenvalue weighted by atomic mass is 16.7. The zero-order chi connectivity index (χ0) is 18.1. The molecule has 138 valence electrons. The number of nitrogens with zero attached hydrogens (tertiary/aromatic N) is 3. The number of piperidine rings is 1. The molecule has 3 rings (SSSR count). The van der Waals surface area contributed by atoms with Gasteiger partial charge in [0.05, 0.1) is 11.2 Å². The van der Waals surface area contributed by atoms with E-state index < -0.39 is 7.12 Å². The summed E-state index contributed by atoms with van der Waals surface area (Å²) in [6.45, 7) is 11.9. The minimum Gasteiger partial charge on any atom is -0.399 e. The van der Waals surface area contributed by atoms with Gasteiger partial charge in [-0.05, 0) is 47.1 Å². The first-order chi connectivity index (χ1) is 11.8. The van der Waals surface area contributed by atoms with E-state index >= 15 is 0 Å². The predicted molar refractivity (Wildman–Crippen MR) is 99.9 cm³/mol. The molecule has 3 N–H and O–H groups in total. The smallest absolute Gasteiger partial charge is 0.399 e. The second-order valence-corrected chi connectivity index (χ2v) is 8.00. The van der Waals surface area contributed by atoms with Crippen molar-refractivity contribution in [3.63, 3.8) is 0 Å². The fourth-order valence-corrected chi connectivity index (χ4v) is 3.26. The molecule has 2 fully saturated rings. The predicted octanol–water partition coefficient (Wildman–Crippen LogP) is 0.611. The Hall–Kier alpha value is -1.22. The van der Waals surface area contributed by atoms with Crippen molar-refractivity contribution in [1.82, 2.24) is 14.9 Å². The van der Waals surface area contributed by atoms with Gasteiger partial charge in [-0.2, -0.15) is 0 Å². The standard InChI is InChI=1S/C17H30BN5O2/c1-16(2)17(3,4)25-18(24-16)13-10-20-15(21-11-13)22-14-6-5-8-23(12-14)9-7-19/h10-11,14H,5-9,12,19H2,1-4H3,(H,20,21,22)/t14-/m1/s1. The van der Waals surface area contributed by atoms with Gasteiger partial charge in [0.15, 0.2) is 0 Å². The monoisotopic (exact) mass is 347 g/mol. The number of rotatable bonds is 5. The lowest BCUT2D eigenvalue weighted by atomic mass is 9.81. The molecule has 2 saturated heterocycles. The second kappa shape index (κ2) is 7.19. The van der Waals surface area contributed by atoms with Gasteiger partial charge < -0.3 is 25.3 Å². The van der Waals surface area contributed by atoms with Crippen LogP contribution in [0.25, 0.3) is 0 Å². The zero-order valence-electron chi connectivity index (χ0n) is 15.8. The maximum absolute atomic E-state index is 6.04. The molecular weight excluding hydrogens is 317 g/mol. The molecule has 2 aliphatic rings. The summed E-state index contributed by atoms with van der Waals surface area (Å²) in [5, 5.41) is 3.43. The van der Waals surface area contributed by atoms with Crippen LogP contribution in [0.5, 0.6) is 0 Å². The number of nitrogens with one attached hydrogen (secondary N) is 1. The first-order valence-electron chi connectivity index (χ1n) is 9.17. The molecule has 0 saturated carbocycles. The van der Waals surface area contributed by atoms with Gasteiger partial charge in [0.2, 0.25) is 5.95 Å². The van der Waals surface area contributed by atoms with Crippen LogP contribution in [0.15, 0.2) is 12.4 Å². The van der Waals surface area contributed by atoms with Crippen molar-refractivity contribution in [2.24, 2.45) is 5.73 Å². The molecule has 0 radical (unpaired) electrons. The lowest BCUT2D eigenvalue weighted by molar-refractivity contribution is 0.00578. The molecule has 0 unspecified atom stereocenters. The van der Waals surface area contributed by atoms with Gasteiger partial charge >= 0.3 is 7.12 Å². The van der Waals surface area contributed by atoms with Crippen molar-refractivity contribution >= 4 is 18.5 Å². The minimum absolute atomic E-state index is 0.358. The summed E-state index contributed by atoms with van der Waals surface area (Å²) in [5.74, 6) is 0.653. The molecule has 0 aromatic carbocycles. The van der Waals surface area contributed by atoms with Crippen LogP contribution in [0, 0.1) is 0 Å². The van der Waals surface area contributed by atoms with Crippen LogP contribution in [0.1, 0.15) is 40.5 Å². The Bertz CT molecular complexity index is 563. The number of hydrogen-bond acceptors (Lipinski definition) is 7. The van der Waals surface area contributed by atoms with Gasteiger partial charge in [-0.1, -0.05) is 0 Å². The Morgan fingerprint density at radius 3 is 2.48 bits per heavy atom. The van der Waals surface area contributed by atoms with E-state index in [-0.39, 0.29) is 11.2 Å². The second-order valence-electron chi connectivity index (χ2n) is 8.00. The first kappa shape index (κ1) is 18.6. The summed E-state index contributed by atoms with van der Waals surface area (Å²) in [4.78, 5) is 11.3. The van der Waals surface area contributed by atoms with Gasteiger partial charge in [0.1, 0.15) is 0 Å². The average molecular weight is 347 g/mol. The van der Waals surface area contributed by atoms with E-state index in [1.165, 1.54) is 6.42 Å².